The number of ether oxygens (including phenoxy) is 2. The van der Waals surface area contributed by atoms with Crippen LogP contribution in [-0.4, -0.2) is 25.6 Å². The van der Waals surface area contributed by atoms with E-state index in [-0.39, 0.29) is 0 Å². The fourth-order valence-electron chi connectivity index (χ4n) is 0.752. The van der Waals surface area contributed by atoms with Gasteiger partial charge in [0.15, 0.2) is 6.29 Å². The van der Waals surface area contributed by atoms with Gasteiger partial charge in [0, 0.05) is 14.2 Å². The fourth-order valence-corrected chi connectivity index (χ4v) is 0.752. The Balaban J connectivity index is 4.08. The van der Waals surface area contributed by atoms with Crippen LogP contribution in [0, 0.1) is 5.92 Å². The highest BCUT2D eigenvalue weighted by Crippen LogP contribution is 2.17. The Bertz CT molecular complexity index is 132. The Morgan fingerprint density at radius 3 is 2.18 bits per heavy atom. The van der Waals surface area contributed by atoms with E-state index in [2.05, 4.69) is 0 Å². The van der Waals surface area contributed by atoms with Crippen molar-refractivity contribution in [3.05, 3.63) is 12.1 Å². The van der Waals surface area contributed by atoms with Crippen molar-refractivity contribution in [3.63, 3.8) is 0 Å². The number of hydrogen-bond acceptors (Lipinski definition) is 3. The molecule has 0 spiro atoms. The van der Waals surface area contributed by atoms with E-state index in [0.717, 1.165) is 0 Å². The second-order valence-electron chi connectivity index (χ2n) is 2.14. The van der Waals surface area contributed by atoms with Crippen molar-refractivity contribution in [2.45, 2.75) is 13.2 Å². The number of hydrogen-bond donors (Lipinski definition) is 1. The lowest BCUT2D eigenvalue weighted by Crippen LogP contribution is -2.22. The van der Waals surface area contributed by atoms with E-state index in [1.54, 1.807) is 6.92 Å². The van der Waals surface area contributed by atoms with Crippen LogP contribution < -0.4 is 0 Å². The first kappa shape index (κ1) is 10.4. The molecule has 0 rings (SSSR count). The quantitative estimate of drug-likeness (QED) is 0.506. The second kappa shape index (κ2) is 5.09. The van der Waals surface area contributed by atoms with Gasteiger partial charge < -0.3 is 14.6 Å². The van der Waals surface area contributed by atoms with E-state index in [1.165, 1.54) is 14.2 Å². The van der Waals surface area contributed by atoms with Gasteiger partial charge in [0.25, 0.3) is 0 Å². The third-order valence-electron chi connectivity index (χ3n) is 1.43. The molecule has 0 radical (unpaired) electrons. The highest BCUT2D eigenvalue weighted by molar-refractivity contribution is 4.91. The maximum absolute atomic E-state index is 12.6. The summed E-state index contributed by atoms with van der Waals surface area (Å²) in [5, 5.41) is 8.30. The minimum absolute atomic E-state index is 0.412. The van der Waals surface area contributed by atoms with Crippen molar-refractivity contribution >= 4 is 0 Å². The van der Waals surface area contributed by atoms with Crippen LogP contribution in [0.5, 0.6) is 0 Å². The summed E-state index contributed by atoms with van der Waals surface area (Å²) in [4.78, 5) is 0. The predicted molar refractivity (Wildman–Crippen MR) is 38.8 cm³/mol. The van der Waals surface area contributed by atoms with E-state index in [1.807, 2.05) is 0 Å². The van der Waals surface area contributed by atoms with E-state index in [4.69, 9.17) is 14.6 Å². The summed E-state index contributed by atoms with van der Waals surface area (Å²) >= 11 is 0. The van der Waals surface area contributed by atoms with Gasteiger partial charge in [0.1, 0.15) is 12.1 Å². The topological polar surface area (TPSA) is 38.7 Å². The van der Waals surface area contributed by atoms with Crippen molar-refractivity contribution in [1.29, 1.82) is 0 Å². The Kier molecular flexibility index (Phi) is 4.81. The van der Waals surface area contributed by atoms with Crippen molar-refractivity contribution in [1.82, 2.24) is 0 Å². The van der Waals surface area contributed by atoms with E-state index in [0.29, 0.717) is 6.26 Å². The van der Waals surface area contributed by atoms with Crippen LogP contribution in [0.25, 0.3) is 0 Å². The molecule has 1 atom stereocenters. The third kappa shape index (κ3) is 2.86. The molecule has 0 aliphatic heterocycles. The molecule has 1 N–H and O–H groups in total. The zero-order chi connectivity index (χ0) is 8.85. The molecule has 3 nitrogen and oxygen atoms in total. The molecule has 0 bridgehead atoms. The number of aliphatic hydroxyl groups is 1. The zero-order valence-corrected chi connectivity index (χ0v) is 6.87. The van der Waals surface area contributed by atoms with Crippen LogP contribution in [0.15, 0.2) is 12.1 Å². The minimum Gasteiger partial charge on any atom is -0.513 e. The summed E-state index contributed by atoms with van der Waals surface area (Å²) in [6.07, 6.45) is -0.242. The van der Waals surface area contributed by atoms with Crippen LogP contribution >= 0.6 is 0 Å². The molecule has 0 aromatic rings. The van der Waals surface area contributed by atoms with Crippen LogP contribution in [0.2, 0.25) is 0 Å². The summed E-state index contributed by atoms with van der Waals surface area (Å²) in [6, 6.07) is 0. The zero-order valence-electron chi connectivity index (χ0n) is 6.87. The summed E-state index contributed by atoms with van der Waals surface area (Å²) in [5.41, 5.74) is 0. The van der Waals surface area contributed by atoms with Gasteiger partial charge in [0.2, 0.25) is 0 Å². The molecule has 11 heavy (non-hydrogen) atoms. The maximum Gasteiger partial charge on any atom is 0.165 e. The molecule has 66 valence electrons. The highest BCUT2D eigenvalue weighted by atomic mass is 19.1. The molecule has 0 aliphatic carbocycles. The first-order chi connectivity index (χ1) is 5.17. The molecule has 0 aromatic carbocycles. The summed E-state index contributed by atoms with van der Waals surface area (Å²) < 4.78 is 22.1. The van der Waals surface area contributed by atoms with Crippen molar-refractivity contribution in [3.8, 4) is 0 Å². The number of methoxy groups -OCH3 is 2. The van der Waals surface area contributed by atoms with Crippen molar-refractivity contribution in [2.24, 2.45) is 5.92 Å². The monoisotopic (exact) mass is 164 g/mol. The Labute approximate surface area is 65.4 Å². The number of rotatable bonds is 4. The van der Waals surface area contributed by atoms with Crippen LogP contribution in [-0.2, 0) is 9.47 Å². The molecule has 4 heteroatoms. The van der Waals surface area contributed by atoms with Crippen LogP contribution in [0.4, 0.5) is 4.39 Å². The van der Waals surface area contributed by atoms with Gasteiger partial charge in [-0.3, -0.25) is 0 Å². The fraction of sp³-hybridized carbons (Fsp3) is 0.714. The average Bonchev–Trinajstić information content (AvgIpc) is 2.05. The second-order valence-corrected chi connectivity index (χ2v) is 2.14. The largest absolute Gasteiger partial charge is 0.513 e. The molecular weight excluding hydrogens is 151 g/mol. The van der Waals surface area contributed by atoms with Gasteiger partial charge in [-0.1, -0.05) is 6.92 Å². The Morgan fingerprint density at radius 2 is 1.91 bits per heavy atom. The summed E-state index contributed by atoms with van der Waals surface area (Å²) in [5.74, 6) is -1.24. The molecule has 0 heterocycles. The number of halogens is 1. The van der Waals surface area contributed by atoms with Crippen LogP contribution in [0.3, 0.4) is 0 Å². The third-order valence-corrected chi connectivity index (χ3v) is 1.43. The predicted octanol–water partition coefficient (Wildman–Crippen LogP) is 1.61. The highest BCUT2D eigenvalue weighted by Gasteiger charge is 2.20. The van der Waals surface area contributed by atoms with Gasteiger partial charge in [-0.25, -0.2) is 4.39 Å². The summed E-state index contributed by atoms with van der Waals surface area (Å²) in [6.45, 7) is 1.56. The van der Waals surface area contributed by atoms with E-state index >= 15 is 0 Å². The standard InChI is InChI=1S/C7H13FO3/c1-5(6(8)4-9)7(10-2)11-3/h4-5,7,9H,1-3H3. The lowest BCUT2D eigenvalue weighted by Gasteiger charge is -2.18. The molecule has 1 unspecified atom stereocenters. The van der Waals surface area contributed by atoms with Gasteiger partial charge in [0.05, 0.1) is 5.92 Å². The molecule has 0 saturated heterocycles. The van der Waals surface area contributed by atoms with Gasteiger partial charge in [-0.2, -0.15) is 0 Å². The van der Waals surface area contributed by atoms with Gasteiger partial charge in [-0.05, 0) is 0 Å². The van der Waals surface area contributed by atoms with E-state index in [9.17, 15) is 4.39 Å². The molecule has 0 amide bonds. The molecule has 0 saturated carbocycles. The lowest BCUT2D eigenvalue weighted by molar-refractivity contribution is -0.128. The van der Waals surface area contributed by atoms with E-state index < -0.39 is 18.0 Å². The average molecular weight is 164 g/mol. The Morgan fingerprint density at radius 1 is 1.45 bits per heavy atom. The first-order valence-corrected chi connectivity index (χ1v) is 3.22. The van der Waals surface area contributed by atoms with Gasteiger partial charge in [-0.15, -0.1) is 0 Å². The molecular formula is C7H13FO3. The number of aliphatic hydroxyl groups excluding tert-OH is 1. The first-order valence-electron chi connectivity index (χ1n) is 3.22. The molecule has 0 aliphatic rings. The smallest absolute Gasteiger partial charge is 0.165 e. The van der Waals surface area contributed by atoms with Crippen LogP contribution in [0.1, 0.15) is 6.92 Å². The SMILES string of the molecule is COC(OC)C(C)C(F)=CO. The minimum atomic E-state index is -0.654. The lowest BCUT2D eigenvalue weighted by atomic mass is 10.1. The van der Waals surface area contributed by atoms with Gasteiger partial charge >= 0.3 is 0 Å². The summed E-state index contributed by atoms with van der Waals surface area (Å²) in [7, 11) is 2.82. The normalized spacial score (nSPS) is 15.5. The van der Waals surface area contributed by atoms with Crippen molar-refractivity contribution < 1.29 is 19.0 Å². The molecule has 0 fully saturated rings. The Hall–Kier alpha value is -0.610. The molecule has 0 aromatic heterocycles. The van der Waals surface area contributed by atoms with Crippen molar-refractivity contribution in [2.75, 3.05) is 14.2 Å². The maximum atomic E-state index is 12.6.